The molecule has 0 aliphatic carbocycles. The molecule has 10 heteroatoms. The quantitative estimate of drug-likeness (QED) is 0.379. The van der Waals surface area contributed by atoms with Gasteiger partial charge in [0.2, 0.25) is 17.7 Å². The number of benzene rings is 3. The van der Waals surface area contributed by atoms with Crippen molar-refractivity contribution >= 4 is 23.8 Å². The Bertz CT molecular complexity index is 1500. The molecule has 3 atom stereocenters. The number of aryl methyl sites for hydroxylation is 2. The van der Waals surface area contributed by atoms with Crippen LogP contribution in [0.1, 0.15) is 47.9 Å². The van der Waals surface area contributed by atoms with Gasteiger partial charge in [0, 0.05) is 32.0 Å². The maximum atomic E-state index is 13.7. The number of hydrogen-bond donors (Lipinski definition) is 3. The number of carbonyl (C=O) groups is 4. The van der Waals surface area contributed by atoms with Crippen LogP contribution in [0, 0.1) is 12.8 Å². The van der Waals surface area contributed by atoms with E-state index in [1.807, 2.05) is 85.8 Å². The van der Waals surface area contributed by atoms with Crippen molar-refractivity contribution in [2.24, 2.45) is 5.92 Å². The van der Waals surface area contributed by atoms with Gasteiger partial charge >= 0.3 is 6.09 Å². The summed E-state index contributed by atoms with van der Waals surface area (Å²) in [4.78, 5) is 55.2. The molecule has 3 N–H and O–H groups in total. The maximum absolute atomic E-state index is 13.7. The Morgan fingerprint density at radius 3 is 2.46 bits per heavy atom. The molecule has 0 saturated carbocycles. The molecule has 0 aromatic heterocycles. The molecule has 3 aromatic rings. The normalized spacial score (nSPS) is 20.8. The summed E-state index contributed by atoms with van der Waals surface area (Å²) in [6, 6.07) is 22.8. The lowest BCUT2D eigenvalue weighted by Gasteiger charge is -2.24. The summed E-state index contributed by atoms with van der Waals surface area (Å²) >= 11 is 0. The number of rotatable bonds is 6. The third kappa shape index (κ3) is 9.32. The summed E-state index contributed by atoms with van der Waals surface area (Å²) in [6.45, 7) is 3.91. The highest BCUT2D eigenvalue weighted by Crippen LogP contribution is 2.22. The van der Waals surface area contributed by atoms with Gasteiger partial charge in [-0.25, -0.2) is 4.79 Å². The summed E-state index contributed by atoms with van der Waals surface area (Å²) in [5, 5.41) is 8.51. The highest BCUT2D eigenvalue weighted by Gasteiger charge is 2.31. The number of nitrogens with one attached hydrogen (secondary N) is 3. The predicted octanol–water partition coefficient (Wildman–Crippen LogP) is 4.04. The first kappa shape index (κ1) is 32.5. The molecule has 0 radical (unpaired) electrons. The smallest absolute Gasteiger partial charge is 0.408 e. The SMILES string of the molecule is Cc1ccc2cc1CNC(=O)[C@H](CCc1ccccc1)NC(=O)[C@@H](NC(=O)OCc1ccccc1)CCC(=O)N1CCC(CO2)C1. The van der Waals surface area contributed by atoms with Gasteiger partial charge in [0.1, 0.15) is 24.4 Å². The Balaban J connectivity index is 1.35. The minimum Gasteiger partial charge on any atom is -0.493 e. The van der Waals surface area contributed by atoms with E-state index in [0.29, 0.717) is 38.3 Å². The highest BCUT2D eigenvalue weighted by atomic mass is 16.5. The van der Waals surface area contributed by atoms with E-state index < -0.39 is 24.1 Å². The van der Waals surface area contributed by atoms with E-state index in [9.17, 15) is 19.2 Å². The van der Waals surface area contributed by atoms with Crippen LogP contribution in [0.15, 0.2) is 78.9 Å². The van der Waals surface area contributed by atoms with Crippen molar-refractivity contribution in [3.63, 3.8) is 0 Å². The lowest BCUT2D eigenvalue weighted by atomic mass is 10.0. The number of carbonyl (C=O) groups excluding carboxylic acids is 4. The van der Waals surface area contributed by atoms with Crippen molar-refractivity contribution in [3.8, 4) is 5.75 Å². The standard InChI is InChI=1S/C36H42N4O6/c1-25-12-14-30-20-29(25)21-37-34(42)31(15-13-26-8-4-2-5-9-26)38-35(43)32(39-36(44)46-23-27-10-6-3-7-11-27)16-17-33(41)40-19-18-28(22-40)24-45-30/h2-12,14,20,28,31-32H,13,15-19,21-24H2,1H3,(H,37,42)(H,38,43)(H,39,44)/t28?,31-,32-/m0/s1. The van der Waals surface area contributed by atoms with Crippen molar-refractivity contribution in [2.45, 2.75) is 64.3 Å². The van der Waals surface area contributed by atoms with Crippen LogP contribution < -0.4 is 20.7 Å². The van der Waals surface area contributed by atoms with Gasteiger partial charge in [-0.05, 0) is 67.0 Å². The van der Waals surface area contributed by atoms with Gasteiger partial charge in [-0.2, -0.15) is 0 Å². The molecule has 242 valence electrons. The summed E-state index contributed by atoms with van der Waals surface area (Å²) < 4.78 is 11.5. The fraction of sp³-hybridized carbons (Fsp3) is 0.389. The average molecular weight is 627 g/mol. The van der Waals surface area contributed by atoms with Crippen molar-refractivity contribution in [1.82, 2.24) is 20.9 Å². The minimum absolute atomic E-state index is 0.0277. The Morgan fingerprint density at radius 1 is 0.957 bits per heavy atom. The van der Waals surface area contributed by atoms with Crippen LogP contribution in [-0.4, -0.2) is 60.5 Å². The third-order valence-corrected chi connectivity index (χ3v) is 8.56. The maximum Gasteiger partial charge on any atom is 0.408 e. The monoisotopic (exact) mass is 626 g/mol. The minimum atomic E-state index is -1.08. The Morgan fingerprint density at radius 2 is 1.70 bits per heavy atom. The first-order valence-corrected chi connectivity index (χ1v) is 15.9. The molecule has 2 aliphatic rings. The molecule has 4 amide bonds. The van der Waals surface area contributed by atoms with Gasteiger partial charge in [-0.3, -0.25) is 14.4 Å². The van der Waals surface area contributed by atoms with Gasteiger partial charge in [0.25, 0.3) is 0 Å². The number of nitrogens with zero attached hydrogens (tertiary/aromatic N) is 1. The van der Waals surface area contributed by atoms with Crippen LogP contribution in [0.4, 0.5) is 4.79 Å². The Hall–Kier alpha value is -4.86. The van der Waals surface area contributed by atoms with E-state index in [1.165, 1.54) is 0 Å². The van der Waals surface area contributed by atoms with Crippen molar-refractivity contribution in [1.29, 1.82) is 0 Å². The molecule has 2 heterocycles. The molecule has 46 heavy (non-hydrogen) atoms. The molecule has 1 fully saturated rings. The molecule has 3 aromatic carbocycles. The van der Waals surface area contributed by atoms with Gasteiger partial charge in [0.05, 0.1) is 6.61 Å². The molecule has 1 saturated heterocycles. The second-order valence-corrected chi connectivity index (χ2v) is 12.0. The Labute approximate surface area is 269 Å². The van der Waals surface area contributed by atoms with Gasteiger partial charge in [-0.15, -0.1) is 0 Å². The summed E-state index contributed by atoms with van der Waals surface area (Å²) in [5.74, 6) is -0.103. The molecule has 1 unspecified atom stereocenters. The third-order valence-electron chi connectivity index (χ3n) is 8.56. The van der Waals surface area contributed by atoms with Crippen LogP contribution in [0.25, 0.3) is 0 Å². The topological polar surface area (TPSA) is 126 Å². The summed E-state index contributed by atoms with van der Waals surface area (Å²) in [7, 11) is 0. The van der Waals surface area contributed by atoms with Crippen LogP contribution >= 0.6 is 0 Å². The van der Waals surface area contributed by atoms with Crippen LogP contribution in [0.5, 0.6) is 5.75 Å². The fourth-order valence-electron chi connectivity index (χ4n) is 5.74. The second-order valence-electron chi connectivity index (χ2n) is 12.0. The average Bonchev–Trinajstić information content (AvgIpc) is 3.56. The van der Waals surface area contributed by atoms with E-state index in [1.54, 1.807) is 4.90 Å². The second kappa shape index (κ2) is 15.9. The summed E-state index contributed by atoms with van der Waals surface area (Å²) in [5.41, 5.74) is 3.73. The van der Waals surface area contributed by atoms with E-state index in [0.717, 1.165) is 28.7 Å². The van der Waals surface area contributed by atoms with Crippen LogP contribution in [-0.2, 0) is 38.7 Å². The number of ether oxygens (including phenoxy) is 2. The van der Waals surface area contributed by atoms with Gasteiger partial charge < -0.3 is 30.3 Å². The molecular formula is C36H42N4O6. The number of alkyl carbamates (subject to hydrolysis) is 1. The molecule has 2 aliphatic heterocycles. The van der Waals surface area contributed by atoms with E-state index in [-0.39, 0.29) is 43.7 Å². The van der Waals surface area contributed by atoms with Crippen LogP contribution in [0.3, 0.4) is 0 Å². The number of hydrogen-bond acceptors (Lipinski definition) is 6. The first-order valence-electron chi connectivity index (χ1n) is 15.9. The molecule has 5 rings (SSSR count). The molecule has 0 spiro atoms. The fourth-order valence-corrected chi connectivity index (χ4v) is 5.74. The molecule has 4 bridgehead atoms. The zero-order chi connectivity index (χ0) is 32.3. The molecule has 10 nitrogen and oxygen atoms in total. The van der Waals surface area contributed by atoms with Crippen molar-refractivity contribution in [2.75, 3.05) is 19.7 Å². The number of amides is 4. The van der Waals surface area contributed by atoms with E-state index in [2.05, 4.69) is 16.0 Å². The number of fused-ring (bicyclic) bond motifs is 4. The zero-order valence-corrected chi connectivity index (χ0v) is 26.2. The van der Waals surface area contributed by atoms with Gasteiger partial charge in [-0.1, -0.05) is 66.7 Å². The van der Waals surface area contributed by atoms with Crippen LogP contribution in [0.2, 0.25) is 0 Å². The van der Waals surface area contributed by atoms with Crippen molar-refractivity contribution in [3.05, 3.63) is 101 Å². The first-order chi connectivity index (χ1) is 22.3. The zero-order valence-electron chi connectivity index (χ0n) is 26.2. The van der Waals surface area contributed by atoms with Gasteiger partial charge in [0.15, 0.2) is 0 Å². The lowest BCUT2D eigenvalue weighted by molar-refractivity contribution is -0.132. The largest absolute Gasteiger partial charge is 0.493 e. The van der Waals surface area contributed by atoms with E-state index >= 15 is 0 Å². The summed E-state index contributed by atoms with van der Waals surface area (Å²) in [6.07, 6.45) is 1.03. The highest BCUT2D eigenvalue weighted by molar-refractivity contribution is 5.91. The molecular weight excluding hydrogens is 584 g/mol. The van der Waals surface area contributed by atoms with E-state index in [4.69, 9.17) is 9.47 Å². The predicted molar refractivity (Wildman–Crippen MR) is 173 cm³/mol. The lowest BCUT2D eigenvalue weighted by Crippen LogP contribution is -2.54. The van der Waals surface area contributed by atoms with Crippen molar-refractivity contribution < 1.29 is 28.7 Å². The Kier molecular flexibility index (Phi) is 11.3.